The van der Waals surface area contributed by atoms with Crippen LogP contribution in [0.4, 0.5) is 5.69 Å². The van der Waals surface area contributed by atoms with Crippen LogP contribution in [0.15, 0.2) is 18.3 Å². The molecule has 4 heteroatoms. The lowest BCUT2D eigenvalue weighted by atomic mass is 10.1. The minimum Gasteiger partial charge on any atom is -0.374 e. The molecule has 1 aromatic rings. The van der Waals surface area contributed by atoms with Gasteiger partial charge in [-0.05, 0) is 38.3 Å². The van der Waals surface area contributed by atoms with Gasteiger partial charge in [0.2, 0.25) is 0 Å². The minimum atomic E-state index is 0.00275. The maximum Gasteiger partial charge on any atom is 0.0779 e. The fourth-order valence-electron chi connectivity index (χ4n) is 3.08. The number of pyridine rings is 1. The smallest absolute Gasteiger partial charge is 0.0779 e. The Balaban J connectivity index is 1.80. The Bertz CT molecular complexity index is 404. The van der Waals surface area contributed by atoms with Gasteiger partial charge in [0, 0.05) is 12.6 Å². The van der Waals surface area contributed by atoms with E-state index in [1.807, 2.05) is 19.2 Å². The molecule has 2 heterocycles. The van der Waals surface area contributed by atoms with Crippen LogP contribution in [0.2, 0.25) is 0 Å². The van der Waals surface area contributed by atoms with Gasteiger partial charge in [-0.25, -0.2) is 0 Å². The number of ether oxygens (including phenoxy) is 1. The number of hydrogen-bond donors (Lipinski definition) is 1. The summed E-state index contributed by atoms with van der Waals surface area (Å²) in [5.41, 5.74) is 7.99. The van der Waals surface area contributed by atoms with E-state index in [-0.39, 0.29) is 6.04 Å². The van der Waals surface area contributed by atoms with Gasteiger partial charge in [0.05, 0.1) is 36.3 Å². The van der Waals surface area contributed by atoms with E-state index >= 15 is 0 Å². The predicted octanol–water partition coefficient (Wildman–Crippen LogP) is 1.86. The van der Waals surface area contributed by atoms with Crippen LogP contribution < -0.4 is 10.6 Å². The fourth-order valence-corrected chi connectivity index (χ4v) is 3.08. The number of nitrogens with two attached hydrogens (primary N) is 1. The molecule has 0 radical (unpaired) electrons. The molecule has 2 unspecified atom stereocenters. The summed E-state index contributed by atoms with van der Waals surface area (Å²) in [4.78, 5) is 6.92. The summed E-state index contributed by atoms with van der Waals surface area (Å²) in [7, 11) is 0. The quantitative estimate of drug-likeness (QED) is 0.866. The minimum absolute atomic E-state index is 0.00275. The Morgan fingerprint density at radius 1 is 1.44 bits per heavy atom. The normalized spacial score (nSPS) is 29.1. The summed E-state index contributed by atoms with van der Waals surface area (Å²) >= 11 is 0. The maximum atomic E-state index is 5.83. The number of fused-ring (bicyclic) bond motifs is 1. The third kappa shape index (κ3) is 2.10. The van der Waals surface area contributed by atoms with Crippen LogP contribution in [0.5, 0.6) is 0 Å². The molecule has 0 bridgehead atoms. The van der Waals surface area contributed by atoms with Crippen LogP contribution >= 0.6 is 0 Å². The molecule has 2 aliphatic rings. The highest BCUT2D eigenvalue weighted by Gasteiger charge is 2.36. The molecular weight excluding hydrogens is 226 g/mol. The van der Waals surface area contributed by atoms with Gasteiger partial charge in [-0.15, -0.1) is 0 Å². The van der Waals surface area contributed by atoms with Crippen LogP contribution in [0.25, 0.3) is 0 Å². The SMILES string of the molecule is C[C@H](N)c1ccc(N2CCOC3CCCC32)cn1. The summed E-state index contributed by atoms with van der Waals surface area (Å²) in [5.74, 6) is 0. The summed E-state index contributed by atoms with van der Waals surface area (Å²) in [6, 6.07) is 4.73. The average Bonchev–Trinajstić information content (AvgIpc) is 2.87. The Kier molecular flexibility index (Phi) is 3.22. The van der Waals surface area contributed by atoms with E-state index in [1.54, 1.807) is 0 Å². The Labute approximate surface area is 108 Å². The molecule has 1 aliphatic heterocycles. The predicted molar refractivity (Wildman–Crippen MR) is 71.6 cm³/mol. The van der Waals surface area contributed by atoms with E-state index in [2.05, 4.69) is 16.0 Å². The van der Waals surface area contributed by atoms with E-state index in [0.29, 0.717) is 12.1 Å². The van der Waals surface area contributed by atoms with Gasteiger partial charge in [0.1, 0.15) is 0 Å². The van der Waals surface area contributed by atoms with Gasteiger partial charge in [-0.3, -0.25) is 4.98 Å². The van der Waals surface area contributed by atoms with E-state index in [0.717, 1.165) is 18.8 Å². The molecule has 0 spiro atoms. The second-order valence-electron chi connectivity index (χ2n) is 5.33. The molecule has 3 atom stereocenters. The van der Waals surface area contributed by atoms with Crippen molar-refractivity contribution >= 4 is 5.69 Å². The molecule has 4 nitrogen and oxygen atoms in total. The van der Waals surface area contributed by atoms with Crippen molar-refractivity contribution in [1.29, 1.82) is 0 Å². The highest BCUT2D eigenvalue weighted by molar-refractivity contribution is 5.47. The zero-order valence-corrected chi connectivity index (χ0v) is 10.9. The third-order valence-corrected chi connectivity index (χ3v) is 4.05. The van der Waals surface area contributed by atoms with Gasteiger partial charge in [-0.1, -0.05) is 0 Å². The topological polar surface area (TPSA) is 51.4 Å². The van der Waals surface area contributed by atoms with Gasteiger partial charge in [0.25, 0.3) is 0 Å². The Hall–Kier alpha value is -1.13. The largest absolute Gasteiger partial charge is 0.374 e. The van der Waals surface area contributed by atoms with Gasteiger partial charge in [0.15, 0.2) is 0 Å². The molecule has 1 aromatic heterocycles. The maximum absolute atomic E-state index is 5.83. The van der Waals surface area contributed by atoms with Crippen molar-refractivity contribution in [3.05, 3.63) is 24.0 Å². The fraction of sp³-hybridized carbons (Fsp3) is 0.643. The zero-order chi connectivity index (χ0) is 12.5. The van der Waals surface area contributed by atoms with Gasteiger partial charge >= 0.3 is 0 Å². The first-order valence-corrected chi connectivity index (χ1v) is 6.85. The van der Waals surface area contributed by atoms with Crippen molar-refractivity contribution in [2.45, 2.75) is 44.4 Å². The number of rotatable bonds is 2. The third-order valence-electron chi connectivity index (χ3n) is 4.05. The lowest BCUT2D eigenvalue weighted by molar-refractivity contribution is 0.0256. The van der Waals surface area contributed by atoms with Crippen molar-refractivity contribution in [2.24, 2.45) is 5.73 Å². The number of nitrogens with zero attached hydrogens (tertiary/aromatic N) is 2. The molecule has 2 N–H and O–H groups in total. The first-order valence-electron chi connectivity index (χ1n) is 6.85. The van der Waals surface area contributed by atoms with Crippen molar-refractivity contribution in [3.63, 3.8) is 0 Å². The molecule has 0 aromatic carbocycles. The molecule has 1 aliphatic carbocycles. The number of hydrogen-bond acceptors (Lipinski definition) is 4. The van der Waals surface area contributed by atoms with Gasteiger partial charge < -0.3 is 15.4 Å². The van der Waals surface area contributed by atoms with E-state index in [1.165, 1.54) is 24.9 Å². The number of morpholine rings is 1. The summed E-state index contributed by atoms with van der Waals surface area (Å²) in [5, 5.41) is 0. The Morgan fingerprint density at radius 2 is 2.33 bits per heavy atom. The first-order chi connectivity index (χ1) is 8.75. The van der Waals surface area contributed by atoms with Crippen molar-refractivity contribution < 1.29 is 4.74 Å². The standard InChI is InChI=1S/C14H21N3O/c1-10(15)12-6-5-11(9-16-12)17-7-8-18-14-4-2-3-13(14)17/h5-6,9-10,13-14H,2-4,7-8,15H2,1H3/t10-,13?,14?/m0/s1. The molecule has 98 valence electrons. The lowest BCUT2D eigenvalue weighted by Crippen LogP contribution is -2.48. The summed E-state index contributed by atoms with van der Waals surface area (Å²) in [6.45, 7) is 3.76. The lowest BCUT2D eigenvalue weighted by Gasteiger charge is -2.39. The molecule has 3 rings (SSSR count). The molecule has 2 fully saturated rings. The average molecular weight is 247 g/mol. The van der Waals surface area contributed by atoms with Crippen LogP contribution in [0.3, 0.4) is 0 Å². The highest BCUT2D eigenvalue weighted by Crippen LogP contribution is 2.32. The van der Waals surface area contributed by atoms with E-state index < -0.39 is 0 Å². The molecule has 1 saturated heterocycles. The summed E-state index contributed by atoms with van der Waals surface area (Å²) in [6.07, 6.45) is 6.09. The zero-order valence-electron chi connectivity index (χ0n) is 10.9. The van der Waals surface area contributed by atoms with Crippen molar-refractivity contribution in [3.8, 4) is 0 Å². The van der Waals surface area contributed by atoms with Crippen molar-refractivity contribution in [2.75, 3.05) is 18.1 Å². The number of anilines is 1. The highest BCUT2D eigenvalue weighted by atomic mass is 16.5. The first kappa shape index (κ1) is 11.9. The van der Waals surface area contributed by atoms with Crippen LogP contribution in [-0.4, -0.2) is 30.3 Å². The van der Waals surface area contributed by atoms with E-state index in [4.69, 9.17) is 10.5 Å². The van der Waals surface area contributed by atoms with Crippen LogP contribution in [0, 0.1) is 0 Å². The van der Waals surface area contributed by atoms with Crippen LogP contribution in [-0.2, 0) is 4.74 Å². The molecule has 0 amide bonds. The molecule has 1 saturated carbocycles. The second kappa shape index (κ2) is 4.86. The van der Waals surface area contributed by atoms with Gasteiger partial charge in [-0.2, -0.15) is 0 Å². The monoisotopic (exact) mass is 247 g/mol. The Morgan fingerprint density at radius 3 is 3.06 bits per heavy atom. The van der Waals surface area contributed by atoms with E-state index in [9.17, 15) is 0 Å². The summed E-state index contributed by atoms with van der Waals surface area (Å²) < 4.78 is 5.83. The number of aromatic nitrogens is 1. The van der Waals surface area contributed by atoms with Crippen LogP contribution in [0.1, 0.15) is 37.9 Å². The second-order valence-corrected chi connectivity index (χ2v) is 5.33. The molecular formula is C14H21N3O. The molecule has 18 heavy (non-hydrogen) atoms. The van der Waals surface area contributed by atoms with Crippen molar-refractivity contribution in [1.82, 2.24) is 4.98 Å².